The van der Waals surface area contributed by atoms with Crippen molar-refractivity contribution in [1.29, 1.82) is 0 Å². The zero-order valence-corrected chi connectivity index (χ0v) is 11.2. The first kappa shape index (κ1) is 12.6. The van der Waals surface area contributed by atoms with Crippen molar-refractivity contribution in [3.63, 3.8) is 0 Å². The quantitative estimate of drug-likeness (QED) is 0.873. The summed E-state index contributed by atoms with van der Waals surface area (Å²) < 4.78 is 6.63. The Balaban J connectivity index is 2.24. The number of ketones is 1. The van der Waals surface area contributed by atoms with E-state index in [0.717, 1.165) is 23.7 Å². The monoisotopic (exact) mass is 298 g/mol. The third kappa shape index (κ3) is 2.87. The van der Waals surface area contributed by atoms with Crippen molar-refractivity contribution in [2.75, 3.05) is 0 Å². The summed E-state index contributed by atoms with van der Waals surface area (Å²) >= 11 is 3.36. The van der Waals surface area contributed by atoms with Crippen LogP contribution in [0.2, 0.25) is 0 Å². The minimum absolute atomic E-state index is 0.0278. The Kier molecular flexibility index (Phi) is 3.84. The summed E-state index contributed by atoms with van der Waals surface area (Å²) in [4.78, 5) is 11.5. The van der Waals surface area contributed by atoms with Crippen LogP contribution in [0.15, 0.2) is 22.7 Å². The van der Waals surface area contributed by atoms with E-state index in [4.69, 9.17) is 4.74 Å². The highest BCUT2D eigenvalue weighted by Crippen LogP contribution is 2.29. The van der Waals surface area contributed by atoms with Crippen LogP contribution in [0, 0.1) is 0 Å². The number of carbonyl (C=O) groups excluding carboxylic acids is 1. The molecule has 92 valence electrons. The molecular formula is C13H15BrO3. The third-order valence-electron chi connectivity index (χ3n) is 3.02. The predicted octanol–water partition coefficient (Wildman–Crippen LogP) is 2.94. The Morgan fingerprint density at radius 2 is 2.24 bits per heavy atom. The largest absolute Gasteiger partial charge is 0.487 e. The van der Waals surface area contributed by atoms with Crippen LogP contribution in [-0.4, -0.2) is 23.1 Å². The molecule has 2 unspecified atom stereocenters. The minimum Gasteiger partial charge on any atom is -0.487 e. The van der Waals surface area contributed by atoms with Gasteiger partial charge in [-0.3, -0.25) is 4.79 Å². The zero-order valence-electron chi connectivity index (χ0n) is 9.65. The molecule has 0 heterocycles. The van der Waals surface area contributed by atoms with Crippen LogP contribution in [0.1, 0.15) is 36.5 Å². The maximum absolute atomic E-state index is 11.5. The summed E-state index contributed by atoms with van der Waals surface area (Å²) in [6, 6.07) is 5.33. The second-order valence-electron chi connectivity index (χ2n) is 4.35. The number of aliphatic hydroxyl groups excluding tert-OH is 1. The van der Waals surface area contributed by atoms with E-state index in [9.17, 15) is 9.90 Å². The van der Waals surface area contributed by atoms with E-state index in [2.05, 4.69) is 15.9 Å². The Hall–Kier alpha value is -0.870. The van der Waals surface area contributed by atoms with E-state index >= 15 is 0 Å². The number of hydrogen-bond donors (Lipinski definition) is 1. The average molecular weight is 299 g/mol. The van der Waals surface area contributed by atoms with Crippen LogP contribution in [0.5, 0.6) is 5.75 Å². The van der Waals surface area contributed by atoms with Gasteiger partial charge < -0.3 is 9.84 Å². The molecule has 0 saturated heterocycles. The molecule has 1 N–H and O–H groups in total. The Morgan fingerprint density at radius 1 is 1.47 bits per heavy atom. The first-order valence-electron chi connectivity index (χ1n) is 5.73. The lowest BCUT2D eigenvalue weighted by Crippen LogP contribution is -2.26. The lowest BCUT2D eigenvalue weighted by molar-refractivity contribution is 0.0593. The van der Waals surface area contributed by atoms with Crippen molar-refractivity contribution in [3.8, 4) is 5.75 Å². The molecule has 1 fully saturated rings. The molecule has 17 heavy (non-hydrogen) atoms. The molecular weight excluding hydrogens is 284 g/mol. The summed E-state index contributed by atoms with van der Waals surface area (Å²) in [5.74, 6) is 0.526. The Morgan fingerprint density at radius 3 is 2.82 bits per heavy atom. The summed E-state index contributed by atoms with van der Waals surface area (Å²) in [6.45, 7) is 1.52. The molecule has 2 atom stereocenters. The number of Topliss-reactive ketones (excluding diaryl/α,β-unsaturated/α-hetero) is 1. The highest BCUT2D eigenvalue weighted by atomic mass is 79.9. The number of carbonyl (C=O) groups is 1. The molecule has 3 nitrogen and oxygen atoms in total. The number of halogens is 1. The highest BCUT2D eigenvalue weighted by Gasteiger charge is 2.27. The third-order valence-corrected chi connectivity index (χ3v) is 3.51. The normalized spacial score (nSPS) is 23.7. The van der Waals surface area contributed by atoms with Crippen molar-refractivity contribution in [2.24, 2.45) is 0 Å². The predicted molar refractivity (Wildman–Crippen MR) is 68.4 cm³/mol. The summed E-state index contributed by atoms with van der Waals surface area (Å²) in [5.41, 5.74) is 0.562. The number of aliphatic hydroxyl groups is 1. The van der Waals surface area contributed by atoms with Crippen molar-refractivity contribution < 1.29 is 14.6 Å². The molecule has 1 aliphatic rings. The molecule has 0 spiro atoms. The molecule has 1 saturated carbocycles. The topological polar surface area (TPSA) is 46.5 Å². The Labute approximate surface area is 109 Å². The molecule has 4 heteroatoms. The lowest BCUT2D eigenvalue weighted by atomic mass is 10.1. The average Bonchev–Trinajstić information content (AvgIpc) is 2.64. The van der Waals surface area contributed by atoms with Gasteiger partial charge in [0.25, 0.3) is 0 Å². The summed E-state index contributed by atoms with van der Waals surface area (Å²) in [5, 5.41) is 9.73. The first-order valence-corrected chi connectivity index (χ1v) is 6.52. The van der Waals surface area contributed by atoms with Gasteiger partial charge in [-0.25, -0.2) is 0 Å². The standard InChI is InChI=1S/C13H15BrO3/c1-8(15)10-6-5-9(14)7-13(10)17-12-4-2-3-11(12)16/h5-7,11-12,16H,2-4H2,1H3. The van der Waals surface area contributed by atoms with Gasteiger partial charge in [-0.1, -0.05) is 15.9 Å². The first-order chi connectivity index (χ1) is 8.08. The number of rotatable bonds is 3. The van der Waals surface area contributed by atoms with Gasteiger partial charge in [-0.2, -0.15) is 0 Å². The van der Waals surface area contributed by atoms with Gasteiger partial charge in [-0.15, -0.1) is 0 Å². The molecule has 1 aromatic rings. The van der Waals surface area contributed by atoms with E-state index in [-0.39, 0.29) is 11.9 Å². The van der Waals surface area contributed by atoms with E-state index < -0.39 is 6.10 Å². The van der Waals surface area contributed by atoms with Crippen LogP contribution < -0.4 is 4.74 Å². The van der Waals surface area contributed by atoms with Gasteiger partial charge in [0.05, 0.1) is 11.7 Å². The van der Waals surface area contributed by atoms with Gasteiger partial charge in [0.15, 0.2) is 5.78 Å². The molecule has 0 bridgehead atoms. The fraction of sp³-hybridized carbons (Fsp3) is 0.462. The van der Waals surface area contributed by atoms with E-state index in [1.165, 1.54) is 6.92 Å². The molecule has 1 aromatic carbocycles. The maximum atomic E-state index is 11.5. The number of ether oxygens (including phenoxy) is 1. The minimum atomic E-state index is -0.422. The van der Waals surface area contributed by atoms with Gasteiger partial charge in [0, 0.05) is 4.47 Å². The van der Waals surface area contributed by atoms with Gasteiger partial charge in [0.2, 0.25) is 0 Å². The van der Waals surface area contributed by atoms with Crippen molar-refractivity contribution in [3.05, 3.63) is 28.2 Å². The summed E-state index contributed by atoms with van der Waals surface area (Å²) in [7, 11) is 0. The molecule has 0 amide bonds. The van der Waals surface area contributed by atoms with Crippen LogP contribution in [0.25, 0.3) is 0 Å². The second-order valence-corrected chi connectivity index (χ2v) is 5.27. The molecule has 0 aliphatic heterocycles. The second kappa shape index (κ2) is 5.19. The van der Waals surface area contributed by atoms with Crippen LogP contribution in [0.3, 0.4) is 0 Å². The maximum Gasteiger partial charge on any atom is 0.163 e. The lowest BCUT2D eigenvalue weighted by Gasteiger charge is -2.19. The fourth-order valence-electron chi connectivity index (χ4n) is 2.09. The fourth-order valence-corrected chi connectivity index (χ4v) is 2.43. The zero-order chi connectivity index (χ0) is 12.4. The van der Waals surface area contributed by atoms with Crippen LogP contribution in [0.4, 0.5) is 0 Å². The van der Waals surface area contributed by atoms with Crippen LogP contribution >= 0.6 is 15.9 Å². The van der Waals surface area contributed by atoms with Gasteiger partial charge in [-0.05, 0) is 44.4 Å². The molecule has 0 aromatic heterocycles. The van der Waals surface area contributed by atoms with Gasteiger partial charge >= 0.3 is 0 Å². The SMILES string of the molecule is CC(=O)c1ccc(Br)cc1OC1CCCC1O. The van der Waals surface area contributed by atoms with Crippen molar-refractivity contribution >= 4 is 21.7 Å². The number of benzene rings is 1. The van der Waals surface area contributed by atoms with Crippen molar-refractivity contribution in [1.82, 2.24) is 0 Å². The molecule has 1 aliphatic carbocycles. The smallest absolute Gasteiger partial charge is 0.163 e. The van der Waals surface area contributed by atoms with Gasteiger partial charge in [0.1, 0.15) is 11.9 Å². The Bertz CT molecular complexity index is 431. The number of hydrogen-bond acceptors (Lipinski definition) is 3. The van der Waals surface area contributed by atoms with E-state index in [1.807, 2.05) is 6.07 Å². The van der Waals surface area contributed by atoms with E-state index in [0.29, 0.717) is 11.3 Å². The van der Waals surface area contributed by atoms with Crippen LogP contribution in [-0.2, 0) is 0 Å². The molecule has 2 rings (SSSR count). The van der Waals surface area contributed by atoms with Crippen molar-refractivity contribution in [2.45, 2.75) is 38.4 Å². The molecule has 0 radical (unpaired) electrons. The van der Waals surface area contributed by atoms with E-state index in [1.54, 1.807) is 12.1 Å². The summed E-state index contributed by atoms with van der Waals surface area (Å²) in [6.07, 6.45) is 1.96. The highest BCUT2D eigenvalue weighted by molar-refractivity contribution is 9.10.